The topological polar surface area (TPSA) is 26.3 Å². The second-order valence-corrected chi connectivity index (χ2v) is 6.45. The molecule has 1 heterocycles. The van der Waals surface area contributed by atoms with E-state index in [1.807, 2.05) is 19.1 Å². The molecule has 0 radical (unpaired) electrons. The molecule has 0 aliphatic rings. The summed E-state index contributed by atoms with van der Waals surface area (Å²) < 4.78 is 6.86. The Hall–Kier alpha value is -0.840. The fourth-order valence-electron chi connectivity index (χ4n) is 1.55. The van der Waals surface area contributed by atoms with Crippen LogP contribution in [0, 0.1) is 0 Å². The van der Waals surface area contributed by atoms with E-state index < -0.39 is 0 Å². The molecule has 0 saturated carbocycles. The second-order valence-electron chi connectivity index (χ2n) is 3.94. The first-order chi connectivity index (χ1) is 9.11. The van der Waals surface area contributed by atoms with E-state index in [0.29, 0.717) is 21.4 Å². The van der Waals surface area contributed by atoms with E-state index >= 15 is 0 Å². The highest BCUT2D eigenvalue weighted by molar-refractivity contribution is 9.10. The minimum Gasteiger partial charge on any atom is -0.494 e. The van der Waals surface area contributed by atoms with Crippen LogP contribution in [0.15, 0.2) is 34.8 Å². The third-order valence-corrected chi connectivity index (χ3v) is 4.91. The van der Waals surface area contributed by atoms with Gasteiger partial charge in [0, 0.05) is 10.0 Å². The van der Waals surface area contributed by atoms with Crippen molar-refractivity contribution >= 4 is 44.7 Å². The summed E-state index contributed by atoms with van der Waals surface area (Å²) in [6.07, 6.45) is 0.936. The van der Waals surface area contributed by atoms with Crippen LogP contribution in [0.4, 0.5) is 0 Å². The van der Waals surface area contributed by atoms with Gasteiger partial charge in [-0.05, 0) is 40.5 Å². The molecule has 2 rings (SSSR count). The summed E-state index contributed by atoms with van der Waals surface area (Å²) in [6, 6.07) is 8.96. The van der Waals surface area contributed by atoms with Crippen LogP contribution in [0.2, 0.25) is 4.34 Å². The van der Waals surface area contributed by atoms with E-state index in [0.717, 1.165) is 16.6 Å². The van der Waals surface area contributed by atoms with Crippen LogP contribution in [0.25, 0.3) is 0 Å². The zero-order valence-electron chi connectivity index (χ0n) is 10.3. The summed E-state index contributed by atoms with van der Waals surface area (Å²) >= 11 is 10.5. The largest absolute Gasteiger partial charge is 0.494 e. The van der Waals surface area contributed by atoms with E-state index in [4.69, 9.17) is 16.3 Å². The van der Waals surface area contributed by atoms with Gasteiger partial charge in [-0.25, -0.2) is 0 Å². The van der Waals surface area contributed by atoms with Crippen LogP contribution in [-0.4, -0.2) is 12.4 Å². The summed E-state index contributed by atoms with van der Waals surface area (Å²) in [5.41, 5.74) is 0.610. The number of carbonyl (C=O) groups excluding carboxylic acids is 1. The Balaban J connectivity index is 2.23. The van der Waals surface area contributed by atoms with Crippen molar-refractivity contribution in [3.8, 4) is 5.75 Å². The lowest BCUT2D eigenvalue weighted by Crippen LogP contribution is -2.00. The third kappa shape index (κ3) is 3.59. The van der Waals surface area contributed by atoms with Gasteiger partial charge in [-0.15, -0.1) is 11.3 Å². The first kappa shape index (κ1) is 14.6. The van der Waals surface area contributed by atoms with Crippen molar-refractivity contribution in [3.63, 3.8) is 0 Å². The Labute approximate surface area is 129 Å². The maximum atomic E-state index is 12.3. The molecule has 19 heavy (non-hydrogen) atoms. The zero-order chi connectivity index (χ0) is 13.8. The number of carbonyl (C=O) groups is 1. The van der Waals surface area contributed by atoms with Crippen molar-refractivity contribution in [2.75, 3.05) is 6.61 Å². The number of ether oxygens (including phenoxy) is 1. The van der Waals surface area contributed by atoms with Gasteiger partial charge in [0.15, 0.2) is 0 Å². The Bertz CT molecular complexity index is 575. The van der Waals surface area contributed by atoms with Crippen LogP contribution in [0.3, 0.4) is 0 Å². The Morgan fingerprint density at radius 1 is 1.42 bits per heavy atom. The van der Waals surface area contributed by atoms with E-state index in [1.165, 1.54) is 11.3 Å². The van der Waals surface area contributed by atoms with Gasteiger partial charge in [-0.3, -0.25) is 4.79 Å². The molecule has 0 fully saturated rings. The standard InChI is InChI=1S/C14H12BrClO2S/c1-2-6-18-10-5-3-4-9(7-10)13(17)12-8-11(15)14(16)19-12/h3-5,7-8H,2,6H2,1H3. The van der Waals surface area contributed by atoms with E-state index in [2.05, 4.69) is 15.9 Å². The molecule has 0 unspecified atom stereocenters. The maximum Gasteiger partial charge on any atom is 0.203 e. The van der Waals surface area contributed by atoms with Gasteiger partial charge < -0.3 is 4.74 Å². The molecule has 0 atom stereocenters. The molecule has 0 spiro atoms. The van der Waals surface area contributed by atoms with Crippen LogP contribution < -0.4 is 4.74 Å². The van der Waals surface area contributed by atoms with Crippen LogP contribution in [-0.2, 0) is 0 Å². The Morgan fingerprint density at radius 3 is 2.84 bits per heavy atom. The number of rotatable bonds is 5. The molecule has 0 amide bonds. The number of ketones is 1. The van der Waals surface area contributed by atoms with Crippen molar-refractivity contribution in [1.29, 1.82) is 0 Å². The number of hydrogen-bond donors (Lipinski definition) is 0. The van der Waals surface area contributed by atoms with Crippen LogP contribution >= 0.6 is 38.9 Å². The minimum atomic E-state index is -0.0421. The normalized spacial score (nSPS) is 10.5. The molecule has 0 bridgehead atoms. The first-order valence-corrected chi connectivity index (χ1v) is 7.83. The van der Waals surface area contributed by atoms with Gasteiger partial charge in [0.05, 0.1) is 11.5 Å². The molecule has 0 saturated heterocycles. The molecular weight excluding hydrogens is 348 g/mol. The van der Waals surface area contributed by atoms with Crippen molar-refractivity contribution in [1.82, 2.24) is 0 Å². The predicted molar refractivity (Wildman–Crippen MR) is 82.7 cm³/mol. The van der Waals surface area contributed by atoms with Crippen LogP contribution in [0.1, 0.15) is 28.6 Å². The summed E-state index contributed by atoms with van der Waals surface area (Å²) in [4.78, 5) is 12.9. The molecule has 2 aromatic rings. The molecule has 2 nitrogen and oxygen atoms in total. The third-order valence-electron chi connectivity index (χ3n) is 2.44. The van der Waals surface area contributed by atoms with Gasteiger partial charge in [0.2, 0.25) is 5.78 Å². The van der Waals surface area contributed by atoms with Crippen molar-refractivity contribution in [2.24, 2.45) is 0 Å². The van der Waals surface area contributed by atoms with Gasteiger partial charge >= 0.3 is 0 Å². The lowest BCUT2D eigenvalue weighted by Gasteiger charge is -2.05. The molecule has 0 aliphatic carbocycles. The maximum absolute atomic E-state index is 12.3. The summed E-state index contributed by atoms with van der Waals surface area (Å²) in [5, 5.41) is 0. The molecule has 1 aromatic carbocycles. The molecule has 5 heteroatoms. The van der Waals surface area contributed by atoms with E-state index in [9.17, 15) is 4.79 Å². The highest BCUT2D eigenvalue weighted by Crippen LogP contribution is 2.33. The Morgan fingerprint density at radius 2 is 2.21 bits per heavy atom. The molecule has 1 aromatic heterocycles. The zero-order valence-corrected chi connectivity index (χ0v) is 13.4. The van der Waals surface area contributed by atoms with Gasteiger partial charge in [-0.1, -0.05) is 30.7 Å². The number of hydrogen-bond acceptors (Lipinski definition) is 3. The summed E-state index contributed by atoms with van der Waals surface area (Å²) in [5.74, 6) is 0.675. The highest BCUT2D eigenvalue weighted by Gasteiger charge is 2.14. The van der Waals surface area contributed by atoms with Gasteiger partial charge in [-0.2, -0.15) is 0 Å². The molecule has 100 valence electrons. The quantitative estimate of drug-likeness (QED) is 0.687. The number of benzene rings is 1. The van der Waals surface area contributed by atoms with E-state index in [1.54, 1.807) is 18.2 Å². The van der Waals surface area contributed by atoms with Gasteiger partial charge in [0.1, 0.15) is 10.1 Å². The lowest BCUT2D eigenvalue weighted by molar-refractivity contribution is 0.104. The molecule has 0 N–H and O–H groups in total. The average Bonchev–Trinajstić information content (AvgIpc) is 2.76. The van der Waals surface area contributed by atoms with Gasteiger partial charge in [0.25, 0.3) is 0 Å². The summed E-state index contributed by atoms with van der Waals surface area (Å²) in [6.45, 7) is 2.69. The van der Waals surface area contributed by atoms with E-state index in [-0.39, 0.29) is 5.78 Å². The minimum absolute atomic E-state index is 0.0421. The first-order valence-electron chi connectivity index (χ1n) is 5.84. The Kier molecular flexibility index (Phi) is 5.02. The second kappa shape index (κ2) is 6.55. The number of halogens is 2. The lowest BCUT2D eigenvalue weighted by atomic mass is 10.1. The smallest absolute Gasteiger partial charge is 0.203 e. The SMILES string of the molecule is CCCOc1cccc(C(=O)c2cc(Br)c(Cl)s2)c1. The predicted octanol–water partition coefficient (Wildman–Crippen LogP) is 5.18. The number of thiophene rings is 1. The van der Waals surface area contributed by atoms with Crippen molar-refractivity contribution in [3.05, 3.63) is 49.6 Å². The van der Waals surface area contributed by atoms with Crippen LogP contribution in [0.5, 0.6) is 5.75 Å². The monoisotopic (exact) mass is 358 g/mol. The average molecular weight is 360 g/mol. The van der Waals surface area contributed by atoms with Crippen molar-refractivity contribution < 1.29 is 9.53 Å². The highest BCUT2D eigenvalue weighted by atomic mass is 79.9. The summed E-state index contributed by atoms with van der Waals surface area (Å²) in [7, 11) is 0. The van der Waals surface area contributed by atoms with Crippen molar-refractivity contribution in [2.45, 2.75) is 13.3 Å². The molecular formula is C14H12BrClO2S. The fourth-order valence-corrected chi connectivity index (χ4v) is 3.21. The molecule has 0 aliphatic heterocycles. The fraction of sp³-hybridized carbons (Fsp3) is 0.214.